The van der Waals surface area contributed by atoms with E-state index in [0.29, 0.717) is 5.75 Å². The Morgan fingerprint density at radius 3 is 1.19 bits per heavy atom. The van der Waals surface area contributed by atoms with Gasteiger partial charge in [0.25, 0.3) is 0 Å². The minimum absolute atomic E-state index is 0.0200. The van der Waals surface area contributed by atoms with Crippen LogP contribution < -0.4 is 0 Å². The molecular weight excluding hydrogens is 378 g/mol. The van der Waals surface area contributed by atoms with Crippen molar-refractivity contribution in [2.75, 3.05) is 0 Å². The highest BCUT2D eigenvalue weighted by molar-refractivity contribution is 7.38. The predicted molar refractivity (Wildman–Crippen MR) is 107 cm³/mol. The standard InChI is InChI=1S/C17H28O.2H3O3P/c1-8-9-12-10-13(16(2,3)4)15(18)14(11-12)17(5,6)7;2*1-4(2)3/h10-11,18H,8-9H2,1-7H3;2*1-3H. The number of hydrogen-bond acceptors (Lipinski definition) is 7. The van der Waals surface area contributed by atoms with Crippen molar-refractivity contribution in [3.8, 4) is 5.75 Å². The van der Waals surface area contributed by atoms with Crippen molar-refractivity contribution < 1.29 is 34.5 Å². The van der Waals surface area contributed by atoms with Gasteiger partial charge in [-0.15, -0.1) is 0 Å². The molecule has 0 aliphatic rings. The average Bonchev–Trinajstić information content (AvgIpc) is 2.36. The van der Waals surface area contributed by atoms with E-state index in [1.54, 1.807) is 0 Å². The molecule has 0 bridgehead atoms. The van der Waals surface area contributed by atoms with E-state index in [0.717, 1.165) is 24.0 Å². The lowest BCUT2D eigenvalue weighted by atomic mass is 9.78. The molecule has 0 atom stereocenters. The topological polar surface area (TPSA) is 142 Å². The highest BCUT2D eigenvalue weighted by Gasteiger charge is 2.26. The summed E-state index contributed by atoms with van der Waals surface area (Å²) in [5.41, 5.74) is 3.43. The third-order valence-electron chi connectivity index (χ3n) is 3.32. The Kier molecular flexibility index (Phi) is 13.0. The summed E-state index contributed by atoms with van der Waals surface area (Å²) >= 11 is 0. The lowest BCUT2D eigenvalue weighted by Gasteiger charge is -2.28. The normalized spacial score (nSPS) is 11.7. The van der Waals surface area contributed by atoms with E-state index >= 15 is 0 Å². The van der Waals surface area contributed by atoms with Crippen LogP contribution in [-0.4, -0.2) is 34.5 Å². The van der Waals surface area contributed by atoms with Gasteiger partial charge < -0.3 is 34.5 Å². The zero-order valence-electron chi connectivity index (χ0n) is 16.6. The fourth-order valence-electron chi connectivity index (χ4n) is 2.27. The van der Waals surface area contributed by atoms with Gasteiger partial charge in [0.1, 0.15) is 5.75 Å². The number of hydrogen-bond donors (Lipinski definition) is 7. The molecule has 9 heteroatoms. The molecule has 0 heterocycles. The molecule has 1 aromatic rings. The Morgan fingerprint density at radius 1 is 0.731 bits per heavy atom. The van der Waals surface area contributed by atoms with E-state index in [1.807, 2.05) is 0 Å². The zero-order chi connectivity index (χ0) is 21.3. The second-order valence-corrected chi connectivity index (χ2v) is 8.90. The minimum atomic E-state index is -2.62. The van der Waals surface area contributed by atoms with Gasteiger partial charge in [-0.1, -0.05) is 67.0 Å². The van der Waals surface area contributed by atoms with Crippen LogP contribution in [0.15, 0.2) is 12.1 Å². The van der Waals surface area contributed by atoms with E-state index in [4.69, 9.17) is 29.4 Å². The molecular formula is C17H34O7P2. The maximum atomic E-state index is 10.6. The molecule has 7 N–H and O–H groups in total. The summed E-state index contributed by atoms with van der Waals surface area (Å²) in [4.78, 5) is 43.4. The van der Waals surface area contributed by atoms with Crippen LogP contribution in [0.3, 0.4) is 0 Å². The highest BCUT2D eigenvalue weighted by Crippen LogP contribution is 2.39. The molecule has 0 unspecified atom stereocenters. The Balaban J connectivity index is 0. The summed E-state index contributed by atoms with van der Waals surface area (Å²) in [5, 5.41) is 10.6. The van der Waals surface area contributed by atoms with Crippen LogP contribution >= 0.6 is 17.2 Å². The second-order valence-electron chi connectivity index (χ2n) is 7.83. The lowest BCUT2D eigenvalue weighted by molar-refractivity contribution is 0.366. The number of benzene rings is 1. The van der Waals surface area contributed by atoms with Gasteiger partial charge >= 0.3 is 17.2 Å². The first-order chi connectivity index (χ1) is 11.5. The van der Waals surface area contributed by atoms with Crippen LogP contribution in [0, 0.1) is 0 Å². The molecule has 0 saturated heterocycles. The number of aromatic hydroxyl groups is 1. The molecule has 0 fully saturated rings. The van der Waals surface area contributed by atoms with Crippen LogP contribution in [0.5, 0.6) is 5.75 Å². The maximum Gasteiger partial charge on any atom is 0.324 e. The van der Waals surface area contributed by atoms with Gasteiger partial charge in [0, 0.05) is 0 Å². The van der Waals surface area contributed by atoms with Gasteiger partial charge in [0.05, 0.1) is 0 Å². The lowest BCUT2D eigenvalue weighted by Crippen LogP contribution is -2.17. The van der Waals surface area contributed by atoms with Crippen molar-refractivity contribution in [1.29, 1.82) is 0 Å². The van der Waals surface area contributed by atoms with E-state index in [9.17, 15) is 5.11 Å². The molecule has 1 rings (SSSR count). The molecule has 154 valence electrons. The summed E-state index contributed by atoms with van der Waals surface area (Å²) in [6.45, 7) is 15.1. The summed E-state index contributed by atoms with van der Waals surface area (Å²) in [6.07, 6.45) is 2.21. The Bertz CT molecular complexity index is 474. The van der Waals surface area contributed by atoms with E-state index in [1.165, 1.54) is 5.56 Å². The first-order valence-electron chi connectivity index (χ1n) is 8.14. The molecule has 0 aliphatic heterocycles. The summed E-state index contributed by atoms with van der Waals surface area (Å²) in [5.74, 6) is 0.481. The van der Waals surface area contributed by atoms with Crippen molar-refractivity contribution in [2.24, 2.45) is 0 Å². The molecule has 0 aliphatic carbocycles. The highest BCUT2D eigenvalue weighted by atomic mass is 31.2. The third-order valence-corrected chi connectivity index (χ3v) is 3.32. The Hall–Kier alpha value is -0.360. The average molecular weight is 412 g/mol. The summed E-state index contributed by atoms with van der Waals surface area (Å²) in [7, 11) is -5.24. The Labute approximate surface area is 159 Å². The predicted octanol–water partition coefficient (Wildman–Crippen LogP) is 3.32. The van der Waals surface area contributed by atoms with E-state index in [2.05, 4.69) is 60.6 Å². The molecule has 0 radical (unpaired) electrons. The van der Waals surface area contributed by atoms with Crippen LogP contribution in [0.2, 0.25) is 0 Å². The molecule has 0 amide bonds. The van der Waals surface area contributed by atoms with Gasteiger partial charge in [-0.2, -0.15) is 0 Å². The van der Waals surface area contributed by atoms with Crippen LogP contribution in [0.4, 0.5) is 0 Å². The second kappa shape index (κ2) is 12.2. The maximum absolute atomic E-state index is 10.6. The number of rotatable bonds is 2. The van der Waals surface area contributed by atoms with Gasteiger partial charge in [-0.25, -0.2) is 0 Å². The van der Waals surface area contributed by atoms with Crippen molar-refractivity contribution >= 4 is 17.2 Å². The third kappa shape index (κ3) is 12.9. The van der Waals surface area contributed by atoms with Crippen molar-refractivity contribution in [3.05, 3.63) is 28.8 Å². The monoisotopic (exact) mass is 412 g/mol. The molecule has 7 nitrogen and oxygen atoms in total. The smallest absolute Gasteiger partial charge is 0.324 e. The number of phenolic OH excluding ortho intramolecular Hbond substituents is 1. The van der Waals surface area contributed by atoms with Crippen LogP contribution in [0.25, 0.3) is 0 Å². The first kappa shape index (κ1) is 27.9. The largest absolute Gasteiger partial charge is 0.507 e. The van der Waals surface area contributed by atoms with Gasteiger partial charge in [-0.05, 0) is 33.9 Å². The van der Waals surface area contributed by atoms with E-state index in [-0.39, 0.29) is 10.8 Å². The molecule has 0 aromatic heterocycles. The molecule has 0 saturated carbocycles. The van der Waals surface area contributed by atoms with Crippen LogP contribution in [-0.2, 0) is 17.3 Å². The summed E-state index contributed by atoms with van der Waals surface area (Å²) in [6, 6.07) is 4.35. The Morgan fingerprint density at radius 2 is 1.00 bits per heavy atom. The number of phenols is 1. The molecule has 0 spiro atoms. The quantitative estimate of drug-likeness (QED) is 0.370. The minimum Gasteiger partial charge on any atom is -0.507 e. The van der Waals surface area contributed by atoms with Crippen molar-refractivity contribution in [3.63, 3.8) is 0 Å². The van der Waals surface area contributed by atoms with Gasteiger partial charge in [0.15, 0.2) is 0 Å². The SMILES string of the molecule is CCCc1cc(C(C)(C)C)c(O)c(C(C)(C)C)c1.OP(O)O.OP(O)O. The molecule has 26 heavy (non-hydrogen) atoms. The fourth-order valence-corrected chi connectivity index (χ4v) is 2.27. The van der Waals surface area contributed by atoms with Gasteiger partial charge in [0.2, 0.25) is 0 Å². The van der Waals surface area contributed by atoms with Crippen LogP contribution in [0.1, 0.15) is 71.6 Å². The first-order valence-corrected chi connectivity index (χ1v) is 10.5. The van der Waals surface area contributed by atoms with Gasteiger partial charge in [-0.3, -0.25) is 0 Å². The molecule has 1 aromatic carbocycles. The van der Waals surface area contributed by atoms with Crippen molar-refractivity contribution in [1.82, 2.24) is 0 Å². The number of aryl methyl sites for hydroxylation is 1. The fraction of sp³-hybridized carbons (Fsp3) is 0.647. The van der Waals surface area contributed by atoms with Crippen molar-refractivity contribution in [2.45, 2.75) is 72.1 Å². The summed E-state index contributed by atoms with van der Waals surface area (Å²) < 4.78 is 0. The van der Waals surface area contributed by atoms with E-state index < -0.39 is 17.2 Å². The zero-order valence-corrected chi connectivity index (χ0v) is 18.4.